The van der Waals surface area contributed by atoms with Crippen LogP contribution in [0.2, 0.25) is 5.02 Å². The maximum atomic E-state index is 6.04. The number of halogens is 1. The summed E-state index contributed by atoms with van der Waals surface area (Å²) < 4.78 is 0. The van der Waals surface area contributed by atoms with Gasteiger partial charge in [0, 0.05) is 11.6 Å². The highest BCUT2D eigenvalue weighted by Crippen LogP contribution is 2.18. The molecule has 76 valence electrons. The normalized spacial score (nSPS) is 10.1. The Morgan fingerprint density at radius 3 is 2.86 bits per heavy atom. The van der Waals surface area contributed by atoms with E-state index < -0.39 is 0 Å². The molecule has 0 amide bonds. The summed E-state index contributed by atoms with van der Waals surface area (Å²) in [6, 6.07) is 6.06. The Morgan fingerprint density at radius 1 is 1.50 bits per heavy atom. The van der Waals surface area contributed by atoms with Gasteiger partial charge in [0.05, 0.1) is 0 Å². The van der Waals surface area contributed by atoms with E-state index in [1.807, 2.05) is 12.1 Å². The first-order chi connectivity index (χ1) is 6.77. The fraction of sp³-hybridized carbons (Fsp3) is 0.333. The lowest BCUT2D eigenvalue weighted by atomic mass is 10.1. The molecule has 0 aromatic heterocycles. The zero-order valence-electron chi connectivity index (χ0n) is 8.52. The second-order valence-corrected chi connectivity index (χ2v) is 3.64. The zero-order valence-corrected chi connectivity index (χ0v) is 9.27. The van der Waals surface area contributed by atoms with E-state index in [0.717, 1.165) is 30.1 Å². The average Bonchev–Trinajstić information content (AvgIpc) is 2.18. The Kier molecular flexibility index (Phi) is 4.71. The van der Waals surface area contributed by atoms with Crippen molar-refractivity contribution in [3.8, 4) is 0 Å². The van der Waals surface area contributed by atoms with Gasteiger partial charge >= 0.3 is 0 Å². The van der Waals surface area contributed by atoms with Crippen LogP contribution in [0, 0.1) is 0 Å². The number of hydrogen-bond acceptors (Lipinski definition) is 1. The van der Waals surface area contributed by atoms with E-state index in [4.69, 9.17) is 11.6 Å². The maximum Gasteiger partial charge on any atom is 0.0481 e. The molecule has 1 nitrogen and oxygen atoms in total. The predicted octanol–water partition coefficient (Wildman–Crippen LogP) is 3.48. The van der Waals surface area contributed by atoms with Crippen LogP contribution in [0.25, 0.3) is 6.08 Å². The van der Waals surface area contributed by atoms with Crippen molar-refractivity contribution in [3.63, 3.8) is 0 Å². The third-order valence-electron chi connectivity index (χ3n) is 2.04. The summed E-state index contributed by atoms with van der Waals surface area (Å²) in [5.41, 5.74) is 2.21. The van der Waals surface area contributed by atoms with E-state index in [9.17, 15) is 0 Å². The van der Waals surface area contributed by atoms with Crippen molar-refractivity contribution in [2.75, 3.05) is 6.54 Å². The van der Waals surface area contributed by atoms with Crippen LogP contribution in [0.15, 0.2) is 24.8 Å². The lowest BCUT2D eigenvalue weighted by Gasteiger charge is -2.05. The highest BCUT2D eigenvalue weighted by atomic mass is 35.5. The SMILES string of the molecule is C=Cc1ccc(CNCCC)cc1Cl. The first-order valence-corrected chi connectivity index (χ1v) is 5.27. The lowest BCUT2D eigenvalue weighted by molar-refractivity contribution is 0.675. The molecule has 0 fully saturated rings. The Bertz CT molecular complexity index is 307. The molecular formula is C12H16ClN. The van der Waals surface area contributed by atoms with Gasteiger partial charge < -0.3 is 5.32 Å². The molecule has 0 aliphatic rings. The van der Waals surface area contributed by atoms with E-state index in [1.165, 1.54) is 5.56 Å². The van der Waals surface area contributed by atoms with Crippen LogP contribution in [0.3, 0.4) is 0 Å². The van der Waals surface area contributed by atoms with E-state index in [-0.39, 0.29) is 0 Å². The molecule has 1 aromatic rings. The van der Waals surface area contributed by atoms with E-state index in [1.54, 1.807) is 6.08 Å². The van der Waals surface area contributed by atoms with E-state index in [0.29, 0.717) is 0 Å². The second kappa shape index (κ2) is 5.84. The Labute approximate surface area is 90.8 Å². The van der Waals surface area contributed by atoms with E-state index >= 15 is 0 Å². The van der Waals surface area contributed by atoms with Crippen LogP contribution < -0.4 is 5.32 Å². The largest absolute Gasteiger partial charge is 0.313 e. The number of hydrogen-bond donors (Lipinski definition) is 1. The fourth-order valence-electron chi connectivity index (χ4n) is 1.26. The van der Waals surface area contributed by atoms with Crippen LogP contribution in [0.5, 0.6) is 0 Å². The monoisotopic (exact) mass is 209 g/mol. The van der Waals surface area contributed by atoms with Gasteiger partial charge in [0.25, 0.3) is 0 Å². The first kappa shape index (κ1) is 11.3. The van der Waals surface area contributed by atoms with Gasteiger partial charge in [0.1, 0.15) is 0 Å². The van der Waals surface area contributed by atoms with Crippen LogP contribution in [0.1, 0.15) is 24.5 Å². The standard InChI is InChI=1S/C12H16ClN/c1-3-7-14-9-10-5-6-11(4-2)12(13)8-10/h4-6,8,14H,2-3,7,9H2,1H3. The molecule has 0 radical (unpaired) electrons. The molecule has 0 unspecified atom stereocenters. The van der Waals surface area contributed by atoms with Gasteiger partial charge in [-0.15, -0.1) is 0 Å². The Balaban J connectivity index is 2.62. The van der Waals surface area contributed by atoms with Crippen molar-refractivity contribution in [3.05, 3.63) is 40.9 Å². The molecular weight excluding hydrogens is 194 g/mol. The lowest BCUT2D eigenvalue weighted by Crippen LogP contribution is -2.13. The summed E-state index contributed by atoms with van der Waals surface area (Å²) in [7, 11) is 0. The third kappa shape index (κ3) is 3.17. The number of benzene rings is 1. The van der Waals surface area contributed by atoms with Crippen molar-refractivity contribution >= 4 is 17.7 Å². The molecule has 0 saturated heterocycles. The van der Waals surface area contributed by atoms with Crippen molar-refractivity contribution in [1.82, 2.24) is 5.32 Å². The van der Waals surface area contributed by atoms with Crippen molar-refractivity contribution < 1.29 is 0 Å². The summed E-state index contributed by atoms with van der Waals surface area (Å²) in [6.45, 7) is 7.77. The van der Waals surface area contributed by atoms with Crippen LogP contribution in [0.4, 0.5) is 0 Å². The quantitative estimate of drug-likeness (QED) is 0.733. The molecule has 0 spiro atoms. The molecule has 0 atom stereocenters. The second-order valence-electron chi connectivity index (χ2n) is 3.24. The van der Waals surface area contributed by atoms with Crippen molar-refractivity contribution in [1.29, 1.82) is 0 Å². The summed E-state index contributed by atoms with van der Waals surface area (Å²) >= 11 is 6.04. The molecule has 0 heterocycles. The van der Waals surface area contributed by atoms with Crippen LogP contribution in [-0.2, 0) is 6.54 Å². The molecule has 0 saturated carbocycles. The first-order valence-electron chi connectivity index (χ1n) is 4.89. The molecule has 1 N–H and O–H groups in total. The van der Waals surface area contributed by atoms with Gasteiger partial charge in [-0.2, -0.15) is 0 Å². The van der Waals surface area contributed by atoms with Gasteiger partial charge in [-0.1, -0.05) is 43.3 Å². The summed E-state index contributed by atoms with van der Waals surface area (Å²) in [5, 5.41) is 4.11. The Morgan fingerprint density at radius 2 is 2.29 bits per heavy atom. The summed E-state index contributed by atoms with van der Waals surface area (Å²) in [4.78, 5) is 0. The average molecular weight is 210 g/mol. The minimum absolute atomic E-state index is 0.774. The molecule has 0 aliphatic heterocycles. The molecule has 0 bridgehead atoms. The van der Waals surface area contributed by atoms with E-state index in [2.05, 4.69) is 24.9 Å². The third-order valence-corrected chi connectivity index (χ3v) is 2.37. The zero-order chi connectivity index (χ0) is 10.4. The minimum atomic E-state index is 0.774. The predicted molar refractivity (Wildman–Crippen MR) is 63.5 cm³/mol. The maximum absolute atomic E-state index is 6.04. The van der Waals surface area contributed by atoms with Gasteiger partial charge in [0.2, 0.25) is 0 Å². The highest BCUT2D eigenvalue weighted by molar-refractivity contribution is 6.32. The molecule has 1 rings (SSSR count). The molecule has 2 heteroatoms. The van der Waals surface area contributed by atoms with Crippen molar-refractivity contribution in [2.24, 2.45) is 0 Å². The smallest absolute Gasteiger partial charge is 0.0481 e. The fourth-order valence-corrected chi connectivity index (χ4v) is 1.54. The van der Waals surface area contributed by atoms with Gasteiger partial charge in [0.15, 0.2) is 0 Å². The molecule has 0 aliphatic carbocycles. The van der Waals surface area contributed by atoms with Crippen LogP contribution in [-0.4, -0.2) is 6.54 Å². The van der Waals surface area contributed by atoms with Gasteiger partial charge in [-0.3, -0.25) is 0 Å². The summed E-state index contributed by atoms with van der Waals surface area (Å²) in [5.74, 6) is 0. The highest BCUT2D eigenvalue weighted by Gasteiger charge is 1.98. The molecule has 1 aromatic carbocycles. The summed E-state index contributed by atoms with van der Waals surface area (Å²) in [6.07, 6.45) is 2.92. The number of nitrogens with one attached hydrogen (secondary N) is 1. The molecule has 14 heavy (non-hydrogen) atoms. The van der Waals surface area contributed by atoms with Crippen molar-refractivity contribution in [2.45, 2.75) is 19.9 Å². The minimum Gasteiger partial charge on any atom is -0.313 e. The van der Waals surface area contributed by atoms with Gasteiger partial charge in [-0.05, 0) is 30.2 Å². The number of rotatable bonds is 5. The van der Waals surface area contributed by atoms with Crippen LogP contribution >= 0.6 is 11.6 Å². The topological polar surface area (TPSA) is 12.0 Å². The van der Waals surface area contributed by atoms with Gasteiger partial charge in [-0.25, -0.2) is 0 Å². The Hall–Kier alpha value is -0.790.